The molecule has 14 nitrogen and oxygen atoms in total. The average Bonchev–Trinajstić information content (AvgIpc) is 3.48. The fourth-order valence-electron chi connectivity index (χ4n) is 3.35. The first-order valence-corrected chi connectivity index (χ1v) is 11.5. The number of hydrazone groups is 1. The number of benzene rings is 1. The minimum atomic E-state index is -1.13. The number of nitro groups is 1. The fraction of sp³-hybridized carbons (Fsp3) is 0.182. The lowest BCUT2D eigenvalue weighted by atomic mass is 10.3. The van der Waals surface area contributed by atoms with Crippen LogP contribution in [0.4, 0.5) is 11.8 Å². The number of hydrogen-bond donors (Lipinski definition) is 3. The number of allylic oxidation sites excluding steroid dienone is 1. The van der Waals surface area contributed by atoms with E-state index in [0.29, 0.717) is 10.8 Å². The van der Waals surface area contributed by atoms with Crippen molar-refractivity contribution < 1.29 is 19.2 Å². The number of anilines is 1. The van der Waals surface area contributed by atoms with Crippen LogP contribution in [-0.4, -0.2) is 48.1 Å². The van der Waals surface area contributed by atoms with Crippen LogP contribution in [0.5, 0.6) is 5.75 Å². The lowest BCUT2D eigenvalue weighted by molar-refractivity contribution is -0.402. The van der Waals surface area contributed by atoms with Gasteiger partial charge in [0, 0.05) is 18.3 Å². The first-order valence-electron chi connectivity index (χ1n) is 10.8. The number of aromatic amines is 1. The molecule has 0 amide bonds. The molecule has 198 valence electrons. The largest absolute Gasteiger partial charge is 0.489 e. The van der Waals surface area contributed by atoms with Crippen molar-refractivity contribution in [3.05, 3.63) is 83.2 Å². The van der Waals surface area contributed by atoms with Crippen LogP contribution in [-0.2, 0) is 13.6 Å². The van der Waals surface area contributed by atoms with Crippen molar-refractivity contribution >= 4 is 58.5 Å². The van der Waals surface area contributed by atoms with Gasteiger partial charge >= 0.3 is 11.6 Å². The van der Waals surface area contributed by atoms with Gasteiger partial charge in [-0.25, -0.2) is 10.2 Å². The molecule has 3 heterocycles. The van der Waals surface area contributed by atoms with Crippen molar-refractivity contribution in [2.24, 2.45) is 12.1 Å². The number of aliphatic hydroxyl groups excluding tert-OH is 1. The molecule has 1 unspecified atom stereocenters. The minimum Gasteiger partial charge on any atom is -0.489 e. The van der Waals surface area contributed by atoms with E-state index in [1.807, 2.05) is 0 Å². The van der Waals surface area contributed by atoms with E-state index in [9.17, 15) is 24.8 Å². The second-order valence-corrected chi connectivity index (χ2v) is 8.60. The van der Waals surface area contributed by atoms with Crippen LogP contribution >= 0.6 is 23.2 Å². The Balaban J connectivity index is 1.54. The molecule has 1 atom stereocenters. The van der Waals surface area contributed by atoms with Crippen molar-refractivity contribution in [2.45, 2.75) is 12.6 Å². The quantitative estimate of drug-likeness (QED) is 0.148. The van der Waals surface area contributed by atoms with Crippen LogP contribution < -0.4 is 21.4 Å². The molecule has 3 aromatic heterocycles. The number of rotatable bonds is 10. The number of ether oxygens (including phenoxy) is 1. The summed E-state index contributed by atoms with van der Waals surface area (Å²) in [7, 11) is 1.43. The number of H-pyrrole nitrogens is 1. The Morgan fingerprint density at radius 1 is 1.34 bits per heavy atom. The zero-order valence-corrected chi connectivity index (χ0v) is 21.0. The second-order valence-electron chi connectivity index (χ2n) is 7.76. The number of hydrogen-bond acceptors (Lipinski definition) is 10. The van der Waals surface area contributed by atoms with Crippen molar-refractivity contribution in [1.82, 2.24) is 19.1 Å². The molecule has 0 fully saturated rings. The Bertz CT molecular complexity index is 1670. The highest BCUT2D eigenvalue weighted by atomic mass is 35.5. The topological polar surface area (TPSA) is 183 Å². The molecular weight excluding hydrogens is 545 g/mol. The SMILES string of the molecule is Cn1c(=O)[nH]c(=O)c2c1nc(NN=CC=Cc1ccc([N+](=O)[O-])o1)n2CC(O)COc1ccc(Cl)cc1Cl. The number of fused-ring (bicyclic) bond motifs is 1. The molecule has 4 aromatic rings. The van der Waals surface area contributed by atoms with Gasteiger partial charge in [-0.3, -0.25) is 24.5 Å². The number of imidazole rings is 1. The molecule has 16 heteroatoms. The van der Waals surface area contributed by atoms with Gasteiger partial charge in [-0.05, 0) is 36.4 Å². The lowest BCUT2D eigenvalue weighted by Gasteiger charge is -2.15. The Kier molecular flexibility index (Phi) is 7.95. The maximum atomic E-state index is 12.6. The van der Waals surface area contributed by atoms with Gasteiger partial charge < -0.3 is 18.8 Å². The van der Waals surface area contributed by atoms with Gasteiger partial charge in [0.25, 0.3) is 5.56 Å². The van der Waals surface area contributed by atoms with E-state index in [2.05, 4.69) is 20.5 Å². The van der Waals surface area contributed by atoms with Crippen molar-refractivity contribution in [1.29, 1.82) is 0 Å². The van der Waals surface area contributed by atoms with Crippen LogP contribution in [0.1, 0.15) is 5.76 Å². The van der Waals surface area contributed by atoms with Crippen LogP contribution in [0.15, 0.2) is 55.5 Å². The minimum absolute atomic E-state index is 0.0202. The molecule has 0 saturated heterocycles. The molecule has 1 aromatic carbocycles. The highest BCUT2D eigenvalue weighted by Crippen LogP contribution is 2.27. The molecule has 0 aliphatic heterocycles. The third-order valence-corrected chi connectivity index (χ3v) is 5.63. The number of nitrogens with one attached hydrogen (secondary N) is 2. The fourth-order valence-corrected chi connectivity index (χ4v) is 3.81. The van der Waals surface area contributed by atoms with Gasteiger partial charge in [0.1, 0.15) is 29.1 Å². The number of nitrogens with zero attached hydrogens (tertiary/aromatic N) is 5. The van der Waals surface area contributed by atoms with Gasteiger partial charge in [-0.2, -0.15) is 10.1 Å². The molecule has 4 rings (SSSR count). The molecule has 0 aliphatic rings. The smallest absolute Gasteiger partial charge is 0.433 e. The standard InChI is InChI=1S/C22H19Cl2N7O7/c1-29-19-18(20(33)27-22(29)34)30(10-13(32)11-37-16-6-4-12(23)9-15(16)24)21(26-19)28-25-8-2-3-14-5-7-17(38-14)31(35)36/h2-9,13,32H,10-11H2,1H3,(H,26,28)(H,27,33,34). The van der Waals surface area contributed by atoms with Gasteiger partial charge in [0.2, 0.25) is 5.95 Å². The zero-order valence-electron chi connectivity index (χ0n) is 19.5. The normalized spacial score (nSPS) is 12.5. The predicted octanol–water partition coefficient (Wildman–Crippen LogP) is 2.78. The van der Waals surface area contributed by atoms with Crippen molar-refractivity contribution in [3.8, 4) is 5.75 Å². The van der Waals surface area contributed by atoms with Gasteiger partial charge in [-0.1, -0.05) is 23.2 Å². The van der Waals surface area contributed by atoms with E-state index in [1.54, 1.807) is 12.1 Å². The van der Waals surface area contributed by atoms with Gasteiger partial charge in [0.15, 0.2) is 11.2 Å². The summed E-state index contributed by atoms with van der Waals surface area (Å²) in [5, 5.41) is 26.0. The van der Waals surface area contributed by atoms with E-state index in [1.165, 1.54) is 48.2 Å². The summed E-state index contributed by atoms with van der Waals surface area (Å²) in [6, 6.07) is 7.27. The van der Waals surface area contributed by atoms with Gasteiger partial charge in [0.05, 0.1) is 17.6 Å². The predicted molar refractivity (Wildman–Crippen MR) is 140 cm³/mol. The third-order valence-electron chi connectivity index (χ3n) is 5.10. The Morgan fingerprint density at radius 2 is 2.13 bits per heavy atom. The molecule has 0 bridgehead atoms. The monoisotopic (exact) mass is 563 g/mol. The lowest BCUT2D eigenvalue weighted by Crippen LogP contribution is -2.30. The van der Waals surface area contributed by atoms with Crippen LogP contribution in [0.3, 0.4) is 0 Å². The summed E-state index contributed by atoms with van der Waals surface area (Å²) in [4.78, 5) is 41.2. The Morgan fingerprint density at radius 3 is 2.84 bits per heavy atom. The number of aliphatic hydroxyl groups is 1. The molecule has 38 heavy (non-hydrogen) atoms. The highest BCUT2D eigenvalue weighted by Gasteiger charge is 2.20. The average molecular weight is 564 g/mol. The maximum Gasteiger partial charge on any atom is 0.433 e. The summed E-state index contributed by atoms with van der Waals surface area (Å²) in [5.74, 6) is 0.196. The summed E-state index contributed by atoms with van der Waals surface area (Å²) in [6.07, 6.45) is 3.07. The molecular formula is C22H19Cl2N7O7. The zero-order chi connectivity index (χ0) is 27.4. The van der Waals surface area contributed by atoms with E-state index >= 15 is 0 Å². The van der Waals surface area contributed by atoms with Crippen molar-refractivity contribution in [3.63, 3.8) is 0 Å². The first-order chi connectivity index (χ1) is 18.1. The first kappa shape index (κ1) is 26.7. The molecule has 3 N–H and O–H groups in total. The molecule has 0 radical (unpaired) electrons. The van der Waals surface area contributed by atoms with E-state index in [-0.39, 0.29) is 41.0 Å². The summed E-state index contributed by atoms with van der Waals surface area (Å²) >= 11 is 12.0. The second kappa shape index (κ2) is 11.3. The molecule has 0 spiro atoms. The van der Waals surface area contributed by atoms with E-state index in [4.69, 9.17) is 32.4 Å². The number of halogens is 2. The van der Waals surface area contributed by atoms with Crippen LogP contribution in [0, 0.1) is 10.1 Å². The van der Waals surface area contributed by atoms with Crippen LogP contribution in [0.25, 0.3) is 17.2 Å². The van der Waals surface area contributed by atoms with E-state index in [0.717, 1.165) is 4.57 Å². The summed E-state index contributed by atoms with van der Waals surface area (Å²) < 4.78 is 13.1. The third kappa shape index (κ3) is 5.94. The van der Waals surface area contributed by atoms with Crippen LogP contribution in [0.2, 0.25) is 10.0 Å². The number of furan rings is 1. The molecule has 0 aliphatic carbocycles. The van der Waals surface area contributed by atoms with E-state index < -0.39 is 28.2 Å². The Hall–Kier alpha value is -4.40. The van der Waals surface area contributed by atoms with Crippen molar-refractivity contribution in [2.75, 3.05) is 12.0 Å². The summed E-state index contributed by atoms with van der Waals surface area (Å²) in [6.45, 7) is -0.349. The molecule has 0 saturated carbocycles. The number of aryl methyl sites for hydroxylation is 1. The maximum absolute atomic E-state index is 12.6. The highest BCUT2D eigenvalue weighted by molar-refractivity contribution is 6.35. The number of aromatic nitrogens is 4. The van der Waals surface area contributed by atoms with Gasteiger partial charge in [-0.15, -0.1) is 0 Å². The summed E-state index contributed by atoms with van der Waals surface area (Å²) in [5.41, 5.74) is 1.36. The Labute approximate surface area is 222 Å².